The monoisotopic (exact) mass is 347 g/mol. The fraction of sp³-hybridized carbons (Fsp3) is 0.0526. The van der Waals surface area contributed by atoms with Crippen LogP contribution in [0.3, 0.4) is 0 Å². The van der Waals surface area contributed by atoms with E-state index in [1.54, 1.807) is 42.7 Å². The molecule has 0 radical (unpaired) electrons. The first-order valence-corrected chi connectivity index (χ1v) is 7.86. The molecule has 2 aromatic heterocycles. The van der Waals surface area contributed by atoms with Crippen molar-refractivity contribution in [2.24, 2.45) is 10.9 Å². The van der Waals surface area contributed by atoms with Crippen molar-refractivity contribution in [2.75, 3.05) is 0 Å². The number of carbonyl (C=O) groups excluding carboxylic acids is 1. The minimum Gasteiger partial charge on any atom is -0.480 e. The van der Waals surface area contributed by atoms with Crippen LogP contribution in [0, 0.1) is 5.92 Å². The van der Waals surface area contributed by atoms with Crippen molar-refractivity contribution in [2.45, 2.75) is 0 Å². The zero-order chi connectivity index (χ0) is 18.1. The number of aliphatic carboxylic acids is 1. The number of allylic oxidation sites excluding steroid dienone is 1. The number of fused-ring (bicyclic) bond motifs is 1. The van der Waals surface area contributed by atoms with E-state index >= 15 is 0 Å². The van der Waals surface area contributed by atoms with Crippen molar-refractivity contribution < 1.29 is 19.4 Å². The van der Waals surface area contributed by atoms with E-state index in [2.05, 4.69) is 15.0 Å². The number of nitrogens with one attached hydrogen (secondary N) is 1. The van der Waals surface area contributed by atoms with Crippen molar-refractivity contribution in [3.63, 3.8) is 0 Å². The number of Topliss-reactive ketones (excluding diaryl/α,β-unsaturated/α-hetero) is 1. The van der Waals surface area contributed by atoms with Gasteiger partial charge in [0, 0.05) is 23.3 Å². The molecule has 1 aromatic carbocycles. The van der Waals surface area contributed by atoms with Crippen LogP contribution in [0.25, 0.3) is 17.1 Å². The topological polar surface area (TPSA) is 105 Å². The van der Waals surface area contributed by atoms with Crippen LogP contribution >= 0.6 is 0 Å². The van der Waals surface area contributed by atoms with Gasteiger partial charge in [0.2, 0.25) is 11.7 Å². The number of aromatic amines is 1. The molecule has 0 bridgehead atoms. The molecular weight excluding hydrogens is 334 g/mol. The molecule has 0 aliphatic carbocycles. The number of hydrogen-bond acceptors (Lipinski definition) is 5. The Morgan fingerprint density at radius 1 is 1.23 bits per heavy atom. The van der Waals surface area contributed by atoms with Crippen molar-refractivity contribution in [1.82, 2.24) is 9.97 Å². The summed E-state index contributed by atoms with van der Waals surface area (Å²) in [4.78, 5) is 35.4. The van der Waals surface area contributed by atoms with Crippen LogP contribution in [0.15, 0.2) is 65.6 Å². The van der Waals surface area contributed by atoms with E-state index < -0.39 is 17.7 Å². The lowest BCUT2D eigenvalue weighted by Crippen LogP contribution is -2.24. The van der Waals surface area contributed by atoms with Crippen LogP contribution < -0.4 is 0 Å². The van der Waals surface area contributed by atoms with Crippen LogP contribution in [0.1, 0.15) is 5.56 Å². The molecule has 26 heavy (non-hydrogen) atoms. The number of aromatic nitrogens is 2. The van der Waals surface area contributed by atoms with Crippen molar-refractivity contribution in [1.29, 1.82) is 0 Å². The second-order valence-corrected chi connectivity index (χ2v) is 5.68. The maximum atomic E-state index is 12.5. The van der Waals surface area contributed by atoms with Crippen LogP contribution in [0.5, 0.6) is 0 Å². The zero-order valence-electron chi connectivity index (χ0n) is 13.4. The molecule has 128 valence electrons. The molecule has 0 spiro atoms. The molecule has 1 aliphatic heterocycles. The molecule has 4 rings (SSSR count). The number of hydrogen-bond donors (Lipinski definition) is 2. The molecule has 3 aromatic rings. The van der Waals surface area contributed by atoms with E-state index in [-0.39, 0.29) is 11.7 Å². The largest absolute Gasteiger partial charge is 0.480 e. The summed E-state index contributed by atoms with van der Waals surface area (Å²) in [7, 11) is 0. The highest BCUT2D eigenvalue weighted by molar-refractivity contribution is 6.27. The Kier molecular flexibility index (Phi) is 3.81. The number of ketones is 1. The average Bonchev–Trinajstić information content (AvgIpc) is 3.18. The standard InChI is InChI=1S/C19H13N3O4/c23-16-14(9-11-10-21-17-13(11)7-4-8-20-17)26-18(15(16)19(24)25)22-12-5-2-1-3-6-12/h1-10,15H,(H,20,21)(H,24,25)/b14-9-,22-18?. The van der Waals surface area contributed by atoms with Crippen molar-refractivity contribution in [3.05, 3.63) is 66.2 Å². The number of pyridine rings is 1. The van der Waals surface area contributed by atoms with Crippen LogP contribution in [0.4, 0.5) is 5.69 Å². The highest BCUT2D eigenvalue weighted by atomic mass is 16.5. The van der Waals surface area contributed by atoms with Gasteiger partial charge in [0.15, 0.2) is 11.7 Å². The summed E-state index contributed by atoms with van der Waals surface area (Å²) in [5.41, 5.74) is 1.86. The van der Waals surface area contributed by atoms with E-state index in [1.807, 2.05) is 12.1 Å². The number of H-pyrrole nitrogens is 1. The van der Waals surface area contributed by atoms with Gasteiger partial charge in [0.05, 0.1) is 5.69 Å². The first kappa shape index (κ1) is 15.8. The Hall–Kier alpha value is -3.74. The zero-order valence-corrected chi connectivity index (χ0v) is 13.4. The van der Waals surface area contributed by atoms with Gasteiger partial charge in [-0.2, -0.15) is 0 Å². The lowest BCUT2D eigenvalue weighted by Gasteiger charge is -2.01. The van der Waals surface area contributed by atoms with E-state index in [9.17, 15) is 14.7 Å². The summed E-state index contributed by atoms with van der Waals surface area (Å²) in [5.74, 6) is -3.58. The Labute approximate surface area is 147 Å². The third kappa shape index (κ3) is 2.75. The van der Waals surface area contributed by atoms with Crippen LogP contribution in [-0.4, -0.2) is 32.7 Å². The number of para-hydroxylation sites is 1. The minimum atomic E-state index is -1.45. The number of rotatable bonds is 3. The first-order valence-electron chi connectivity index (χ1n) is 7.86. The number of carbonyl (C=O) groups is 2. The lowest BCUT2D eigenvalue weighted by molar-refractivity contribution is -0.141. The summed E-state index contributed by atoms with van der Waals surface area (Å²) in [6.07, 6.45) is 4.84. The van der Waals surface area contributed by atoms with Gasteiger partial charge in [-0.15, -0.1) is 0 Å². The molecule has 1 atom stereocenters. The van der Waals surface area contributed by atoms with Gasteiger partial charge in [-0.25, -0.2) is 9.98 Å². The fourth-order valence-corrected chi connectivity index (χ4v) is 2.75. The molecule has 0 amide bonds. The summed E-state index contributed by atoms with van der Waals surface area (Å²) < 4.78 is 5.52. The summed E-state index contributed by atoms with van der Waals surface area (Å²) in [6.45, 7) is 0. The van der Waals surface area contributed by atoms with Crippen LogP contribution in [-0.2, 0) is 14.3 Å². The number of carboxylic acids is 1. The predicted octanol–water partition coefficient (Wildman–Crippen LogP) is 2.93. The Bertz CT molecular complexity index is 1070. The van der Waals surface area contributed by atoms with Gasteiger partial charge in [-0.1, -0.05) is 18.2 Å². The molecule has 7 nitrogen and oxygen atoms in total. The molecule has 1 aliphatic rings. The molecule has 3 heterocycles. The summed E-state index contributed by atoms with van der Waals surface area (Å²) in [6, 6.07) is 12.4. The predicted molar refractivity (Wildman–Crippen MR) is 94.8 cm³/mol. The molecule has 1 fully saturated rings. The van der Waals surface area contributed by atoms with E-state index in [0.717, 1.165) is 5.39 Å². The maximum absolute atomic E-state index is 12.5. The third-order valence-corrected chi connectivity index (χ3v) is 3.98. The Morgan fingerprint density at radius 2 is 2.04 bits per heavy atom. The van der Waals surface area contributed by atoms with Gasteiger partial charge in [-0.05, 0) is 30.3 Å². The fourth-order valence-electron chi connectivity index (χ4n) is 2.75. The molecule has 7 heteroatoms. The van der Waals surface area contributed by atoms with Gasteiger partial charge in [-0.3, -0.25) is 9.59 Å². The lowest BCUT2D eigenvalue weighted by atomic mass is 10.0. The normalized spacial score (nSPS) is 20.0. The van der Waals surface area contributed by atoms with Gasteiger partial charge in [0.25, 0.3) is 0 Å². The van der Waals surface area contributed by atoms with Crippen LogP contribution in [0.2, 0.25) is 0 Å². The molecule has 1 saturated heterocycles. The summed E-state index contributed by atoms with van der Waals surface area (Å²) in [5, 5.41) is 10.2. The second kappa shape index (κ2) is 6.29. The highest BCUT2D eigenvalue weighted by Crippen LogP contribution is 2.28. The first-order chi connectivity index (χ1) is 12.6. The Morgan fingerprint density at radius 3 is 2.81 bits per heavy atom. The minimum absolute atomic E-state index is 0.0585. The number of nitrogens with zero attached hydrogens (tertiary/aromatic N) is 2. The number of carboxylic acid groups (broad SMARTS) is 1. The molecular formula is C19H13N3O4. The number of aliphatic imine (C=N–C) groups is 1. The van der Waals surface area contributed by atoms with Crippen molar-refractivity contribution in [3.8, 4) is 0 Å². The number of benzene rings is 1. The highest BCUT2D eigenvalue weighted by Gasteiger charge is 2.43. The quantitative estimate of drug-likeness (QED) is 0.560. The Balaban J connectivity index is 1.75. The average molecular weight is 347 g/mol. The maximum Gasteiger partial charge on any atom is 0.324 e. The number of ether oxygens (including phenoxy) is 1. The van der Waals surface area contributed by atoms with Gasteiger partial charge >= 0.3 is 5.97 Å². The summed E-state index contributed by atoms with van der Waals surface area (Å²) >= 11 is 0. The smallest absolute Gasteiger partial charge is 0.324 e. The van der Waals surface area contributed by atoms with Crippen molar-refractivity contribution >= 4 is 40.4 Å². The van der Waals surface area contributed by atoms with E-state index in [4.69, 9.17) is 4.74 Å². The van der Waals surface area contributed by atoms with Gasteiger partial charge in [0.1, 0.15) is 5.65 Å². The van der Waals surface area contributed by atoms with E-state index in [1.165, 1.54) is 6.08 Å². The SMILES string of the molecule is O=C(O)C1C(=O)/C(=C/c2c[nH]c3ncccc23)OC1=Nc1ccccc1. The molecule has 1 unspecified atom stereocenters. The second-order valence-electron chi connectivity index (χ2n) is 5.68. The third-order valence-electron chi connectivity index (χ3n) is 3.98. The molecule has 2 N–H and O–H groups in total. The van der Waals surface area contributed by atoms with E-state index in [0.29, 0.717) is 16.9 Å². The molecule has 0 saturated carbocycles. The van der Waals surface area contributed by atoms with Gasteiger partial charge < -0.3 is 14.8 Å².